The van der Waals surface area contributed by atoms with Gasteiger partial charge in [-0.3, -0.25) is 4.98 Å². The minimum Gasteiger partial charge on any atom is -0.490 e. The summed E-state index contributed by atoms with van der Waals surface area (Å²) in [6.07, 6.45) is 6.99. The summed E-state index contributed by atoms with van der Waals surface area (Å²) in [5.41, 5.74) is 1.26. The van der Waals surface area contributed by atoms with Crippen LogP contribution in [0.25, 0.3) is 0 Å². The highest BCUT2D eigenvalue weighted by molar-refractivity contribution is 5.30. The third kappa shape index (κ3) is 2.65. The van der Waals surface area contributed by atoms with Gasteiger partial charge in [-0.25, -0.2) is 0 Å². The van der Waals surface area contributed by atoms with Gasteiger partial charge in [0.05, 0.1) is 6.20 Å². The van der Waals surface area contributed by atoms with Crippen LogP contribution in [0.1, 0.15) is 30.7 Å². The van der Waals surface area contributed by atoms with Crippen molar-refractivity contribution < 1.29 is 9.84 Å². The van der Waals surface area contributed by atoms with Crippen molar-refractivity contribution >= 4 is 0 Å². The van der Waals surface area contributed by atoms with E-state index in [1.165, 1.54) is 18.4 Å². The van der Waals surface area contributed by atoms with Crippen molar-refractivity contribution in [2.24, 2.45) is 5.92 Å². The minimum absolute atomic E-state index is 0.290. The molecule has 2 aliphatic rings. The molecule has 2 N–H and O–H groups in total. The lowest BCUT2D eigenvalue weighted by Crippen LogP contribution is -2.46. The van der Waals surface area contributed by atoms with E-state index in [4.69, 9.17) is 9.84 Å². The molecule has 3 rings (SSSR count). The zero-order valence-electron chi connectivity index (χ0n) is 10.5. The van der Waals surface area contributed by atoms with Crippen LogP contribution in [0.3, 0.4) is 0 Å². The molecule has 0 amide bonds. The molecule has 0 spiro atoms. The Morgan fingerprint density at radius 1 is 1.44 bits per heavy atom. The first kappa shape index (κ1) is 11.9. The van der Waals surface area contributed by atoms with Crippen molar-refractivity contribution in [2.45, 2.75) is 31.2 Å². The predicted molar refractivity (Wildman–Crippen MR) is 68.7 cm³/mol. The maximum Gasteiger partial charge on any atom is 0.137 e. The van der Waals surface area contributed by atoms with Crippen LogP contribution < -0.4 is 10.1 Å². The molecule has 1 unspecified atom stereocenters. The summed E-state index contributed by atoms with van der Waals surface area (Å²) < 4.78 is 5.75. The van der Waals surface area contributed by atoms with Gasteiger partial charge < -0.3 is 15.2 Å². The monoisotopic (exact) mass is 248 g/mol. The molecule has 3 atom stereocenters. The molecule has 98 valence electrons. The average molecular weight is 248 g/mol. The first-order valence-corrected chi connectivity index (χ1v) is 6.79. The van der Waals surface area contributed by atoms with Gasteiger partial charge in [0.2, 0.25) is 0 Å². The van der Waals surface area contributed by atoms with E-state index in [0.29, 0.717) is 17.9 Å². The standard InChI is InChI=1S/C14H20N2O2/c17-4-2-10-6-14(10)11-5-13(8-15-7-11)18-9-12-1-3-16-12/h5,7-8,10,12,14,16-17H,1-4,6,9H2/t10-,12-,14?/m0/s1. The maximum absolute atomic E-state index is 8.93. The van der Waals surface area contributed by atoms with E-state index in [2.05, 4.69) is 16.4 Å². The first-order chi connectivity index (χ1) is 8.86. The van der Waals surface area contributed by atoms with Gasteiger partial charge in [-0.1, -0.05) is 0 Å². The van der Waals surface area contributed by atoms with Crippen LogP contribution in [0.15, 0.2) is 18.5 Å². The Balaban J connectivity index is 1.55. The second kappa shape index (κ2) is 5.24. The highest BCUT2D eigenvalue weighted by atomic mass is 16.5. The Hall–Kier alpha value is -1.13. The fourth-order valence-electron chi connectivity index (χ4n) is 2.55. The van der Waals surface area contributed by atoms with Gasteiger partial charge in [-0.2, -0.15) is 0 Å². The van der Waals surface area contributed by atoms with Gasteiger partial charge in [0, 0.05) is 18.8 Å². The quantitative estimate of drug-likeness (QED) is 0.797. The number of nitrogens with one attached hydrogen (secondary N) is 1. The van der Waals surface area contributed by atoms with Crippen LogP contribution in [-0.2, 0) is 0 Å². The Labute approximate surface area is 107 Å². The molecule has 1 aromatic heterocycles. The summed E-state index contributed by atoms with van der Waals surface area (Å²) in [4.78, 5) is 4.25. The van der Waals surface area contributed by atoms with Gasteiger partial charge in [-0.05, 0) is 49.3 Å². The zero-order valence-corrected chi connectivity index (χ0v) is 10.5. The molecule has 2 fully saturated rings. The van der Waals surface area contributed by atoms with Crippen LogP contribution in [0, 0.1) is 5.92 Å². The Morgan fingerprint density at radius 3 is 3.06 bits per heavy atom. The van der Waals surface area contributed by atoms with E-state index in [1.54, 1.807) is 6.20 Å². The number of aliphatic hydroxyl groups is 1. The lowest BCUT2D eigenvalue weighted by molar-refractivity contribution is 0.216. The number of ether oxygens (including phenoxy) is 1. The lowest BCUT2D eigenvalue weighted by Gasteiger charge is -2.27. The number of hydrogen-bond donors (Lipinski definition) is 2. The Morgan fingerprint density at radius 2 is 2.33 bits per heavy atom. The number of aliphatic hydroxyl groups excluding tert-OH is 1. The van der Waals surface area contributed by atoms with Crippen LogP contribution in [0.2, 0.25) is 0 Å². The predicted octanol–water partition coefficient (Wildman–Crippen LogP) is 1.31. The SMILES string of the molecule is OCC[C@H]1CC1c1cncc(OC[C@@H]2CCN2)c1. The molecule has 1 saturated carbocycles. The van der Waals surface area contributed by atoms with E-state index in [1.807, 2.05) is 6.20 Å². The summed E-state index contributed by atoms with van der Waals surface area (Å²) in [5, 5.41) is 12.2. The molecular formula is C14H20N2O2. The normalized spacial score (nSPS) is 29.7. The van der Waals surface area contributed by atoms with Gasteiger partial charge in [0.15, 0.2) is 0 Å². The zero-order chi connectivity index (χ0) is 12.4. The smallest absolute Gasteiger partial charge is 0.137 e. The van der Waals surface area contributed by atoms with Crippen LogP contribution in [-0.4, -0.2) is 35.9 Å². The van der Waals surface area contributed by atoms with E-state index < -0.39 is 0 Å². The molecule has 2 heterocycles. The summed E-state index contributed by atoms with van der Waals surface area (Å²) in [5.74, 6) is 2.09. The second-order valence-electron chi connectivity index (χ2n) is 5.32. The van der Waals surface area contributed by atoms with Crippen LogP contribution in [0.4, 0.5) is 0 Å². The Kier molecular flexibility index (Phi) is 3.48. The third-order valence-electron chi connectivity index (χ3n) is 3.96. The Bertz CT molecular complexity index is 407. The fourth-order valence-corrected chi connectivity index (χ4v) is 2.55. The van der Waals surface area contributed by atoms with Gasteiger partial charge in [0.25, 0.3) is 0 Å². The highest BCUT2D eigenvalue weighted by Crippen LogP contribution is 2.49. The molecule has 1 aromatic rings. The average Bonchev–Trinajstić information content (AvgIpc) is 3.07. The number of hydrogen-bond acceptors (Lipinski definition) is 4. The lowest BCUT2D eigenvalue weighted by atomic mass is 10.1. The van der Waals surface area contributed by atoms with Crippen molar-refractivity contribution in [3.63, 3.8) is 0 Å². The largest absolute Gasteiger partial charge is 0.490 e. The summed E-state index contributed by atoms with van der Waals surface area (Å²) in [7, 11) is 0. The molecule has 0 radical (unpaired) electrons. The van der Waals surface area contributed by atoms with Crippen molar-refractivity contribution in [3.8, 4) is 5.75 Å². The van der Waals surface area contributed by atoms with Crippen molar-refractivity contribution in [2.75, 3.05) is 19.8 Å². The third-order valence-corrected chi connectivity index (χ3v) is 3.96. The van der Waals surface area contributed by atoms with Crippen LogP contribution >= 0.6 is 0 Å². The molecule has 18 heavy (non-hydrogen) atoms. The summed E-state index contributed by atoms with van der Waals surface area (Å²) in [6.45, 7) is 2.13. The van der Waals surface area contributed by atoms with Crippen molar-refractivity contribution in [1.82, 2.24) is 10.3 Å². The van der Waals surface area contributed by atoms with Gasteiger partial charge in [-0.15, -0.1) is 0 Å². The number of nitrogens with zero attached hydrogens (tertiary/aromatic N) is 1. The van der Waals surface area contributed by atoms with E-state index in [-0.39, 0.29) is 6.61 Å². The molecule has 0 aromatic carbocycles. The van der Waals surface area contributed by atoms with E-state index in [0.717, 1.165) is 25.3 Å². The topological polar surface area (TPSA) is 54.4 Å². The molecule has 1 aliphatic carbocycles. The molecular weight excluding hydrogens is 228 g/mol. The summed E-state index contributed by atoms with van der Waals surface area (Å²) in [6, 6.07) is 2.62. The number of pyridine rings is 1. The molecule has 1 saturated heterocycles. The van der Waals surface area contributed by atoms with Gasteiger partial charge >= 0.3 is 0 Å². The number of aromatic nitrogens is 1. The fraction of sp³-hybridized carbons (Fsp3) is 0.643. The molecule has 0 bridgehead atoms. The maximum atomic E-state index is 8.93. The minimum atomic E-state index is 0.290. The first-order valence-electron chi connectivity index (χ1n) is 6.79. The van der Waals surface area contributed by atoms with Gasteiger partial charge in [0.1, 0.15) is 12.4 Å². The molecule has 4 heteroatoms. The van der Waals surface area contributed by atoms with E-state index in [9.17, 15) is 0 Å². The molecule has 4 nitrogen and oxygen atoms in total. The molecule has 1 aliphatic heterocycles. The summed E-state index contributed by atoms with van der Waals surface area (Å²) >= 11 is 0. The van der Waals surface area contributed by atoms with Crippen molar-refractivity contribution in [1.29, 1.82) is 0 Å². The number of rotatable bonds is 6. The van der Waals surface area contributed by atoms with Crippen LogP contribution in [0.5, 0.6) is 5.75 Å². The second-order valence-corrected chi connectivity index (χ2v) is 5.32. The highest BCUT2D eigenvalue weighted by Gasteiger charge is 2.37. The van der Waals surface area contributed by atoms with Crippen molar-refractivity contribution in [3.05, 3.63) is 24.0 Å². The van der Waals surface area contributed by atoms with E-state index >= 15 is 0 Å².